The summed E-state index contributed by atoms with van der Waals surface area (Å²) in [7, 11) is 0. The van der Waals surface area contributed by atoms with Crippen LogP contribution in [-0.2, 0) is 22.6 Å². The van der Waals surface area contributed by atoms with E-state index in [1.54, 1.807) is 0 Å². The van der Waals surface area contributed by atoms with E-state index in [1.165, 1.54) is 0 Å². The van der Waals surface area contributed by atoms with Gasteiger partial charge in [-0.05, 0) is 81.5 Å². The van der Waals surface area contributed by atoms with Crippen molar-refractivity contribution in [1.82, 2.24) is 34.3 Å². The Hall–Kier alpha value is -1.48. The molecule has 0 saturated carbocycles. The number of anilines is 1. The van der Waals surface area contributed by atoms with Gasteiger partial charge in [-0.25, -0.2) is 14.6 Å². The van der Waals surface area contributed by atoms with Gasteiger partial charge in [-0.1, -0.05) is 0 Å². The van der Waals surface area contributed by atoms with Gasteiger partial charge < -0.3 is 14.2 Å². The average molecular weight is 625 g/mol. The van der Waals surface area contributed by atoms with E-state index in [9.17, 15) is 4.55 Å². The molecule has 3 atom stereocenters. The number of piperidine rings is 1. The SMILES string of the molecule is CC(C)(C)[S@@+]([O-])N[C@@H]1c2ccnn2CC12CCN(c1cnc3c(I)nn([C@H]4CCCCO4)c3n1)CC2. The molecule has 2 saturated heterocycles. The molecule has 0 aromatic carbocycles. The number of hydrogen-bond acceptors (Lipinski definition) is 8. The summed E-state index contributed by atoms with van der Waals surface area (Å²) in [5.41, 5.74) is 2.74. The van der Waals surface area contributed by atoms with Crippen LogP contribution < -0.4 is 9.62 Å². The second kappa shape index (κ2) is 9.37. The van der Waals surface area contributed by atoms with E-state index >= 15 is 0 Å². The number of nitrogens with one attached hydrogen (secondary N) is 1. The summed E-state index contributed by atoms with van der Waals surface area (Å²) in [5.74, 6) is 0.879. The molecule has 10 nitrogen and oxygen atoms in total. The highest BCUT2D eigenvalue weighted by atomic mass is 127. The van der Waals surface area contributed by atoms with Gasteiger partial charge in [0, 0.05) is 49.2 Å². The van der Waals surface area contributed by atoms with Crippen LogP contribution in [0, 0.1) is 9.12 Å². The fraction of sp³-hybridized carbons (Fsp3) is 0.667. The van der Waals surface area contributed by atoms with E-state index in [1.807, 2.05) is 37.8 Å². The first-order valence-corrected chi connectivity index (χ1v) is 15.0. The lowest BCUT2D eigenvalue weighted by Crippen LogP contribution is -2.50. The largest absolute Gasteiger partial charge is 0.598 e. The molecule has 0 unspecified atom stereocenters. The second-order valence-corrected chi connectivity index (χ2v) is 14.2. The first-order valence-electron chi connectivity index (χ1n) is 12.7. The van der Waals surface area contributed by atoms with Crippen LogP contribution >= 0.6 is 22.6 Å². The number of halogens is 1. The van der Waals surface area contributed by atoms with Crippen molar-refractivity contribution in [3.05, 3.63) is 27.9 Å². The summed E-state index contributed by atoms with van der Waals surface area (Å²) in [6.07, 6.45) is 8.74. The van der Waals surface area contributed by atoms with Crippen LogP contribution in [0.4, 0.5) is 5.82 Å². The minimum atomic E-state index is -1.16. The Labute approximate surface area is 228 Å². The third-order valence-electron chi connectivity index (χ3n) is 7.76. The molecule has 12 heteroatoms. The molecule has 0 bridgehead atoms. The van der Waals surface area contributed by atoms with E-state index < -0.39 is 11.4 Å². The maximum atomic E-state index is 13.1. The third kappa shape index (κ3) is 4.32. The monoisotopic (exact) mass is 624 g/mol. The number of ether oxygens (including phenoxy) is 1. The number of hydrogen-bond donors (Lipinski definition) is 1. The van der Waals surface area contributed by atoms with Crippen LogP contribution in [0.25, 0.3) is 11.2 Å². The zero-order valence-electron chi connectivity index (χ0n) is 21.0. The van der Waals surface area contributed by atoms with Gasteiger partial charge in [0.15, 0.2) is 15.6 Å². The van der Waals surface area contributed by atoms with Crippen LogP contribution in [0.3, 0.4) is 0 Å². The molecule has 3 aromatic rings. The van der Waals surface area contributed by atoms with Gasteiger partial charge in [-0.3, -0.25) is 4.68 Å². The van der Waals surface area contributed by atoms with E-state index in [0.717, 1.165) is 84.7 Å². The van der Waals surface area contributed by atoms with Crippen LogP contribution in [-0.4, -0.2) is 58.5 Å². The molecule has 6 rings (SSSR count). The van der Waals surface area contributed by atoms with E-state index in [4.69, 9.17) is 19.8 Å². The van der Waals surface area contributed by atoms with Gasteiger partial charge >= 0.3 is 0 Å². The zero-order valence-corrected chi connectivity index (χ0v) is 24.0. The molecule has 0 radical (unpaired) electrons. The molecule has 36 heavy (non-hydrogen) atoms. The molecule has 1 N–H and O–H groups in total. The highest BCUT2D eigenvalue weighted by Crippen LogP contribution is 2.50. The predicted octanol–water partition coefficient (Wildman–Crippen LogP) is 3.72. The van der Waals surface area contributed by atoms with Gasteiger partial charge in [-0.15, -0.1) is 4.72 Å². The molecular weight excluding hydrogens is 591 g/mol. The molecular formula is C24H33IN8O2S. The van der Waals surface area contributed by atoms with E-state index in [0.29, 0.717) is 0 Å². The van der Waals surface area contributed by atoms with Crippen molar-refractivity contribution < 1.29 is 9.29 Å². The Morgan fingerprint density at radius 3 is 2.78 bits per heavy atom. The zero-order chi connectivity index (χ0) is 25.1. The molecule has 0 amide bonds. The van der Waals surface area contributed by atoms with Crippen molar-refractivity contribution in [3.8, 4) is 0 Å². The number of nitrogens with zero attached hydrogens (tertiary/aromatic N) is 7. The number of rotatable bonds is 4. The fourth-order valence-electron chi connectivity index (χ4n) is 5.66. The van der Waals surface area contributed by atoms with Crippen molar-refractivity contribution in [1.29, 1.82) is 0 Å². The Kier molecular flexibility index (Phi) is 6.46. The van der Waals surface area contributed by atoms with E-state index in [-0.39, 0.29) is 22.4 Å². The lowest BCUT2D eigenvalue weighted by atomic mass is 9.73. The second-order valence-electron chi connectivity index (χ2n) is 11.2. The molecule has 6 heterocycles. The van der Waals surface area contributed by atoms with Crippen molar-refractivity contribution in [2.24, 2.45) is 5.41 Å². The Morgan fingerprint density at radius 2 is 2.06 bits per heavy atom. The van der Waals surface area contributed by atoms with Crippen LogP contribution in [0.1, 0.15) is 70.8 Å². The van der Waals surface area contributed by atoms with Gasteiger partial charge in [0.1, 0.15) is 22.1 Å². The van der Waals surface area contributed by atoms with Gasteiger partial charge in [0.25, 0.3) is 0 Å². The Bertz CT molecular complexity index is 1240. The third-order valence-corrected chi connectivity index (χ3v) is 10.1. The quantitative estimate of drug-likeness (QED) is 0.346. The first-order chi connectivity index (χ1) is 17.2. The van der Waals surface area contributed by atoms with Gasteiger partial charge in [-0.2, -0.15) is 10.2 Å². The molecule has 0 aliphatic carbocycles. The lowest BCUT2D eigenvalue weighted by molar-refractivity contribution is -0.0372. The van der Waals surface area contributed by atoms with Crippen LogP contribution in [0.2, 0.25) is 0 Å². The lowest BCUT2D eigenvalue weighted by Gasteiger charge is -2.43. The number of fused-ring (bicyclic) bond motifs is 2. The highest BCUT2D eigenvalue weighted by Gasteiger charge is 2.51. The van der Waals surface area contributed by atoms with Crippen molar-refractivity contribution in [2.45, 2.75) is 76.4 Å². The summed E-state index contributed by atoms with van der Waals surface area (Å²) >= 11 is 1.08. The molecule has 1 spiro atoms. The molecule has 194 valence electrons. The molecule has 3 aliphatic heterocycles. The molecule has 3 aliphatic rings. The minimum Gasteiger partial charge on any atom is -0.598 e. The maximum absolute atomic E-state index is 13.1. The fourth-order valence-corrected chi connectivity index (χ4v) is 7.21. The Balaban J connectivity index is 1.23. The van der Waals surface area contributed by atoms with Crippen LogP contribution in [0.5, 0.6) is 0 Å². The molecule has 2 fully saturated rings. The first kappa shape index (κ1) is 24.8. The number of aromatic nitrogens is 6. The normalized spacial score (nSPS) is 25.0. The van der Waals surface area contributed by atoms with Gasteiger partial charge in [0.2, 0.25) is 0 Å². The smallest absolute Gasteiger partial charge is 0.182 e. The van der Waals surface area contributed by atoms with Crippen LogP contribution in [0.15, 0.2) is 18.5 Å². The molecule has 3 aromatic heterocycles. The van der Waals surface area contributed by atoms with Crippen molar-refractivity contribution >= 4 is 50.9 Å². The van der Waals surface area contributed by atoms with Gasteiger partial charge in [0.05, 0.1) is 11.9 Å². The van der Waals surface area contributed by atoms with Crippen molar-refractivity contribution in [3.63, 3.8) is 0 Å². The predicted molar refractivity (Wildman–Crippen MR) is 147 cm³/mol. The standard InChI is InChI=1S/C24H33IN8O2S/c1-23(2,3)36(34)30-20-16-7-10-27-32(16)15-24(20)8-11-31(12-9-24)17-14-26-19-21(25)29-33(22(19)28-17)18-6-4-5-13-35-18/h7,10,14,18,20,30H,4-6,8-9,11-13,15H2,1-3H3/t18-,20-,36-/m1/s1. The minimum absolute atomic E-state index is 0.0160. The summed E-state index contributed by atoms with van der Waals surface area (Å²) in [4.78, 5) is 12.1. The summed E-state index contributed by atoms with van der Waals surface area (Å²) in [6.45, 7) is 9.35. The summed E-state index contributed by atoms with van der Waals surface area (Å²) < 4.78 is 27.1. The van der Waals surface area contributed by atoms with E-state index in [2.05, 4.69) is 48.1 Å². The average Bonchev–Trinajstić information content (AvgIpc) is 3.53. The summed E-state index contributed by atoms with van der Waals surface area (Å²) in [6, 6.07) is 2.08. The Morgan fingerprint density at radius 1 is 1.25 bits per heavy atom. The van der Waals surface area contributed by atoms with Crippen molar-refractivity contribution in [2.75, 3.05) is 24.6 Å². The topological polar surface area (TPSA) is 109 Å². The highest BCUT2D eigenvalue weighted by molar-refractivity contribution is 14.1. The maximum Gasteiger partial charge on any atom is 0.182 e. The summed E-state index contributed by atoms with van der Waals surface area (Å²) in [5, 5.41) is 9.27.